The predicted octanol–water partition coefficient (Wildman–Crippen LogP) is 3.64. The molecule has 2 unspecified atom stereocenters. The number of carbonyl (C=O) groups excluding carboxylic acids is 1. The van der Waals surface area contributed by atoms with Gasteiger partial charge in [-0.15, -0.1) is 0 Å². The molecule has 124 valence electrons. The van der Waals surface area contributed by atoms with Gasteiger partial charge < -0.3 is 9.80 Å². The van der Waals surface area contributed by atoms with Gasteiger partial charge in [-0.1, -0.05) is 42.5 Å². The monoisotopic (exact) mass is 320 g/mol. The van der Waals surface area contributed by atoms with E-state index in [9.17, 15) is 4.79 Å². The standard InChI is InChI=1S/C21H24N2O/c1-22(2)21(24)17-11-12-23-19-10-6-4-8-16(19)13-15-7-3-5-9-18(15)20(23)14-17/h3-10,17,20H,11-14H2,1-2H3. The molecule has 2 aliphatic rings. The first-order valence-electron chi connectivity index (χ1n) is 8.78. The van der Waals surface area contributed by atoms with Gasteiger partial charge >= 0.3 is 0 Å². The highest BCUT2D eigenvalue weighted by atomic mass is 16.2. The zero-order valence-corrected chi connectivity index (χ0v) is 14.4. The van der Waals surface area contributed by atoms with E-state index >= 15 is 0 Å². The van der Waals surface area contributed by atoms with E-state index in [1.165, 1.54) is 22.4 Å². The molecule has 0 N–H and O–H groups in total. The number of carbonyl (C=O) groups is 1. The zero-order chi connectivity index (χ0) is 16.7. The van der Waals surface area contributed by atoms with E-state index in [-0.39, 0.29) is 11.8 Å². The molecule has 0 aromatic heterocycles. The van der Waals surface area contributed by atoms with E-state index in [4.69, 9.17) is 0 Å². The molecule has 1 saturated heterocycles. The van der Waals surface area contributed by atoms with Crippen molar-refractivity contribution in [3.05, 3.63) is 65.2 Å². The number of benzene rings is 2. The molecule has 24 heavy (non-hydrogen) atoms. The number of hydrogen-bond donors (Lipinski definition) is 0. The van der Waals surface area contributed by atoms with Gasteiger partial charge in [-0.05, 0) is 42.0 Å². The van der Waals surface area contributed by atoms with E-state index in [2.05, 4.69) is 53.4 Å². The predicted molar refractivity (Wildman–Crippen MR) is 97.2 cm³/mol. The van der Waals surface area contributed by atoms with Crippen molar-refractivity contribution < 1.29 is 4.79 Å². The SMILES string of the molecule is CN(C)C(=O)C1CCN2c3ccccc3Cc3ccccc3C2C1. The summed E-state index contributed by atoms with van der Waals surface area (Å²) in [5.74, 6) is 0.393. The molecular formula is C21H24N2O. The van der Waals surface area contributed by atoms with Crippen molar-refractivity contribution in [3.63, 3.8) is 0 Å². The number of amides is 1. The van der Waals surface area contributed by atoms with Crippen molar-refractivity contribution in [3.8, 4) is 0 Å². The Kier molecular flexibility index (Phi) is 3.79. The summed E-state index contributed by atoms with van der Waals surface area (Å²) in [6.45, 7) is 0.945. The third kappa shape index (κ3) is 2.48. The van der Waals surface area contributed by atoms with Crippen molar-refractivity contribution in [1.82, 2.24) is 4.90 Å². The van der Waals surface area contributed by atoms with Gasteiger partial charge in [-0.3, -0.25) is 4.79 Å². The van der Waals surface area contributed by atoms with Crippen LogP contribution in [0.3, 0.4) is 0 Å². The van der Waals surface area contributed by atoms with E-state index in [1.54, 1.807) is 4.90 Å². The summed E-state index contributed by atoms with van der Waals surface area (Å²) in [5, 5.41) is 0. The first-order valence-corrected chi connectivity index (χ1v) is 8.78. The quantitative estimate of drug-likeness (QED) is 0.801. The fraction of sp³-hybridized carbons (Fsp3) is 0.381. The Bertz CT molecular complexity index is 768. The van der Waals surface area contributed by atoms with Crippen molar-refractivity contribution in [2.24, 2.45) is 5.92 Å². The number of hydrogen-bond acceptors (Lipinski definition) is 2. The minimum Gasteiger partial charge on any atom is -0.364 e. The number of anilines is 1. The molecule has 2 aromatic rings. The Morgan fingerprint density at radius 3 is 2.54 bits per heavy atom. The maximum Gasteiger partial charge on any atom is 0.225 e. The van der Waals surface area contributed by atoms with Gasteiger partial charge in [0.15, 0.2) is 0 Å². The summed E-state index contributed by atoms with van der Waals surface area (Å²) >= 11 is 0. The fourth-order valence-corrected chi connectivity index (χ4v) is 4.30. The molecule has 3 nitrogen and oxygen atoms in total. The number of rotatable bonds is 1. The molecule has 1 fully saturated rings. The van der Waals surface area contributed by atoms with Crippen molar-refractivity contribution >= 4 is 11.6 Å². The Labute approximate surface area is 143 Å². The largest absolute Gasteiger partial charge is 0.364 e. The molecule has 4 rings (SSSR count). The van der Waals surface area contributed by atoms with E-state index in [1.807, 2.05) is 14.1 Å². The molecule has 2 heterocycles. The second-order valence-electron chi connectivity index (χ2n) is 7.17. The molecule has 2 aliphatic heterocycles. The molecular weight excluding hydrogens is 296 g/mol. The lowest BCUT2D eigenvalue weighted by Crippen LogP contribution is -2.42. The first kappa shape index (κ1) is 15.3. The third-order valence-corrected chi connectivity index (χ3v) is 5.49. The lowest BCUT2D eigenvalue weighted by Gasteiger charge is -2.41. The second kappa shape index (κ2) is 5.97. The van der Waals surface area contributed by atoms with Crippen LogP contribution >= 0.6 is 0 Å². The van der Waals surface area contributed by atoms with Crippen LogP contribution in [-0.2, 0) is 11.2 Å². The van der Waals surface area contributed by atoms with Gasteiger partial charge in [-0.25, -0.2) is 0 Å². The Hall–Kier alpha value is -2.29. The minimum absolute atomic E-state index is 0.125. The van der Waals surface area contributed by atoms with Crippen molar-refractivity contribution in [1.29, 1.82) is 0 Å². The van der Waals surface area contributed by atoms with Gasteiger partial charge in [0.2, 0.25) is 5.91 Å². The highest BCUT2D eigenvalue weighted by Crippen LogP contribution is 2.43. The summed E-state index contributed by atoms with van der Waals surface area (Å²) in [7, 11) is 3.73. The summed E-state index contributed by atoms with van der Waals surface area (Å²) in [5.41, 5.74) is 5.53. The molecule has 2 atom stereocenters. The molecule has 2 aromatic carbocycles. The smallest absolute Gasteiger partial charge is 0.225 e. The first-order chi connectivity index (χ1) is 11.6. The highest BCUT2D eigenvalue weighted by Gasteiger charge is 2.36. The van der Waals surface area contributed by atoms with Crippen LogP contribution in [0.4, 0.5) is 5.69 Å². The number of piperidine rings is 1. The van der Waals surface area contributed by atoms with Crippen LogP contribution in [0, 0.1) is 5.92 Å². The average Bonchev–Trinajstić information content (AvgIpc) is 2.75. The van der Waals surface area contributed by atoms with Crippen LogP contribution < -0.4 is 4.90 Å². The lowest BCUT2D eigenvalue weighted by atomic mass is 9.85. The Morgan fingerprint density at radius 2 is 1.75 bits per heavy atom. The molecule has 3 heteroatoms. The average molecular weight is 320 g/mol. The van der Waals surface area contributed by atoms with Crippen LogP contribution in [0.15, 0.2) is 48.5 Å². The van der Waals surface area contributed by atoms with E-state index in [0.717, 1.165) is 25.8 Å². The third-order valence-electron chi connectivity index (χ3n) is 5.49. The zero-order valence-electron chi connectivity index (χ0n) is 14.4. The van der Waals surface area contributed by atoms with Gasteiger partial charge in [0, 0.05) is 32.2 Å². The van der Waals surface area contributed by atoms with Gasteiger partial charge in [0.1, 0.15) is 0 Å². The fourth-order valence-electron chi connectivity index (χ4n) is 4.30. The molecule has 0 bridgehead atoms. The van der Waals surface area contributed by atoms with Crippen LogP contribution in [-0.4, -0.2) is 31.4 Å². The van der Waals surface area contributed by atoms with Gasteiger partial charge in [-0.2, -0.15) is 0 Å². The number of nitrogens with zero attached hydrogens (tertiary/aromatic N) is 2. The van der Waals surface area contributed by atoms with E-state index < -0.39 is 0 Å². The molecule has 0 spiro atoms. The summed E-state index contributed by atoms with van der Waals surface area (Å²) in [4.78, 5) is 16.8. The van der Waals surface area contributed by atoms with Crippen molar-refractivity contribution in [2.75, 3.05) is 25.5 Å². The summed E-state index contributed by atoms with van der Waals surface area (Å²) in [6.07, 6.45) is 2.82. The lowest BCUT2D eigenvalue weighted by molar-refractivity contribution is -0.133. The molecule has 0 radical (unpaired) electrons. The van der Waals surface area contributed by atoms with Crippen LogP contribution in [0.5, 0.6) is 0 Å². The molecule has 1 amide bonds. The van der Waals surface area contributed by atoms with Crippen molar-refractivity contribution in [2.45, 2.75) is 25.3 Å². The number of para-hydroxylation sites is 1. The molecule has 0 saturated carbocycles. The van der Waals surface area contributed by atoms with E-state index in [0.29, 0.717) is 6.04 Å². The minimum atomic E-state index is 0.125. The van der Waals surface area contributed by atoms with Gasteiger partial charge in [0.25, 0.3) is 0 Å². The number of fused-ring (bicyclic) bond motifs is 5. The normalized spacial score (nSPS) is 22.0. The highest BCUT2D eigenvalue weighted by molar-refractivity contribution is 5.79. The van der Waals surface area contributed by atoms with Gasteiger partial charge in [0.05, 0.1) is 6.04 Å². The second-order valence-corrected chi connectivity index (χ2v) is 7.17. The Balaban J connectivity index is 1.78. The Morgan fingerprint density at radius 1 is 1.04 bits per heavy atom. The maximum absolute atomic E-state index is 12.5. The van der Waals surface area contributed by atoms with Crippen LogP contribution in [0.2, 0.25) is 0 Å². The summed E-state index contributed by atoms with van der Waals surface area (Å²) in [6, 6.07) is 17.8. The molecule has 0 aliphatic carbocycles. The van der Waals surface area contributed by atoms with Crippen LogP contribution in [0.25, 0.3) is 0 Å². The maximum atomic E-state index is 12.5. The summed E-state index contributed by atoms with van der Waals surface area (Å²) < 4.78 is 0. The van der Waals surface area contributed by atoms with Crippen LogP contribution in [0.1, 0.15) is 35.6 Å². The topological polar surface area (TPSA) is 23.6 Å².